The third-order valence-corrected chi connectivity index (χ3v) is 3.87. The van der Waals surface area contributed by atoms with E-state index in [-0.39, 0.29) is 12.1 Å². The van der Waals surface area contributed by atoms with E-state index in [9.17, 15) is 4.79 Å². The second-order valence-electron chi connectivity index (χ2n) is 5.57. The number of amides is 2. The summed E-state index contributed by atoms with van der Waals surface area (Å²) in [5.74, 6) is 1.50. The Morgan fingerprint density at radius 1 is 1.12 bits per heavy atom. The number of aryl methyl sites for hydroxylation is 1. The fraction of sp³-hybridized carbons (Fsp3) is 0.158. The Labute approximate surface area is 146 Å². The number of benzene rings is 2. The molecule has 0 saturated carbocycles. The summed E-state index contributed by atoms with van der Waals surface area (Å²) in [6, 6.07) is 16.3. The van der Waals surface area contributed by atoms with E-state index in [1.165, 1.54) is 0 Å². The number of carbonyl (C=O) groups excluding carboxylic acids is 1. The molecular formula is C19H20N4O2. The van der Waals surface area contributed by atoms with E-state index in [0.29, 0.717) is 5.69 Å². The van der Waals surface area contributed by atoms with Crippen LogP contribution in [0.3, 0.4) is 0 Å². The van der Waals surface area contributed by atoms with Crippen molar-refractivity contribution in [2.45, 2.75) is 6.04 Å². The molecule has 6 heteroatoms. The lowest BCUT2D eigenvalue weighted by atomic mass is 10.1. The van der Waals surface area contributed by atoms with Gasteiger partial charge in [0.05, 0.1) is 7.11 Å². The maximum Gasteiger partial charge on any atom is 0.320 e. The molecule has 0 aliphatic rings. The molecule has 0 fully saturated rings. The lowest BCUT2D eigenvalue weighted by Gasteiger charge is -2.19. The van der Waals surface area contributed by atoms with Crippen molar-refractivity contribution < 1.29 is 9.53 Å². The Hall–Kier alpha value is -3.28. The molecular weight excluding hydrogens is 316 g/mol. The van der Waals surface area contributed by atoms with Gasteiger partial charge in [0.1, 0.15) is 17.6 Å². The highest BCUT2D eigenvalue weighted by Gasteiger charge is 2.20. The maximum atomic E-state index is 12.5. The zero-order valence-corrected chi connectivity index (χ0v) is 14.1. The van der Waals surface area contributed by atoms with Crippen LogP contribution in [0.2, 0.25) is 0 Å². The summed E-state index contributed by atoms with van der Waals surface area (Å²) in [7, 11) is 3.51. The fourth-order valence-corrected chi connectivity index (χ4v) is 2.57. The molecule has 3 aromatic rings. The number of methoxy groups -OCH3 is 1. The molecule has 25 heavy (non-hydrogen) atoms. The van der Waals surface area contributed by atoms with Crippen molar-refractivity contribution in [2.75, 3.05) is 12.4 Å². The Bertz CT molecular complexity index is 828. The molecule has 0 saturated heterocycles. The van der Waals surface area contributed by atoms with E-state index in [4.69, 9.17) is 4.74 Å². The Morgan fingerprint density at radius 2 is 1.84 bits per heavy atom. The van der Waals surface area contributed by atoms with Crippen LogP contribution in [0, 0.1) is 0 Å². The van der Waals surface area contributed by atoms with Gasteiger partial charge in [-0.25, -0.2) is 9.78 Å². The number of imidazole rings is 1. The minimum atomic E-state index is -0.348. The SMILES string of the molecule is COc1ccc(NC(=O)N[C@@H](c2ccccc2)c2nccn2C)cc1. The summed E-state index contributed by atoms with van der Waals surface area (Å²) in [5.41, 5.74) is 1.65. The van der Waals surface area contributed by atoms with Gasteiger partial charge >= 0.3 is 6.03 Å². The number of hydrogen-bond acceptors (Lipinski definition) is 3. The number of anilines is 1. The summed E-state index contributed by atoms with van der Waals surface area (Å²) in [4.78, 5) is 16.8. The molecule has 1 aromatic heterocycles. The Kier molecular flexibility index (Phi) is 4.99. The van der Waals surface area contributed by atoms with E-state index in [1.54, 1.807) is 37.6 Å². The zero-order chi connectivity index (χ0) is 17.6. The normalized spacial score (nSPS) is 11.6. The van der Waals surface area contributed by atoms with E-state index >= 15 is 0 Å². The van der Waals surface area contributed by atoms with Crippen LogP contribution >= 0.6 is 0 Å². The third kappa shape index (κ3) is 3.98. The molecule has 0 spiro atoms. The number of nitrogens with one attached hydrogen (secondary N) is 2. The first-order valence-corrected chi connectivity index (χ1v) is 7.91. The van der Waals surface area contributed by atoms with Gasteiger partial charge in [0.25, 0.3) is 0 Å². The summed E-state index contributed by atoms with van der Waals surface area (Å²) in [5, 5.41) is 5.82. The molecule has 0 aliphatic carbocycles. The van der Waals surface area contributed by atoms with Crippen LogP contribution in [0.25, 0.3) is 0 Å². The molecule has 0 bridgehead atoms. The predicted octanol–water partition coefficient (Wildman–Crippen LogP) is 3.34. The lowest BCUT2D eigenvalue weighted by molar-refractivity contribution is 0.249. The third-order valence-electron chi connectivity index (χ3n) is 3.87. The number of ether oxygens (including phenoxy) is 1. The van der Waals surface area contributed by atoms with Gasteiger partial charge in [-0.2, -0.15) is 0 Å². The van der Waals surface area contributed by atoms with Crippen molar-refractivity contribution in [3.05, 3.63) is 78.4 Å². The largest absolute Gasteiger partial charge is 0.497 e. The van der Waals surface area contributed by atoms with Crippen molar-refractivity contribution in [1.82, 2.24) is 14.9 Å². The van der Waals surface area contributed by atoms with Crippen molar-refractivity contribution in [3.63, 3.8) is 0 Å². The lowest BCUT2D eigenvalue weighted by Crippen LogP contribution is -2.34. The molecule has 1 heterocycles. The minimum Gasteiger partial charge on any atom is -0.497 e. The molecule has 0 aliphatic heterocycles. The van der Waals surface area contributed by atoms with E-state index in [2.05, 4.69) is 15.6 Å². The summed E-state index contributed by atoms with van der Waals surface area (Å²) < 4.78 is 7.01. The average molecular weight is 336 g/mol. The van der Waals surface area contributed by atoms with E-state index in [1.807, 2.05) is 48.1 Å². The monoisotopic (exact) mass is 336 g/mol. The molecule has 6 nitrogen and oxygen atoms in total. The van der Waals surface area contributed by atoms with Crippen LogP contribution in [0.1, 0.15) is 17.4 Å². The fourth-order valence-electron chi connectivity index (χ4n) is 2.57. The van der Waals surface area contributed by atoms with Crippen molar-refractivity contribution in [1.29, 1.82) is 0 Å². The number of hydrogen-bond donors (Lipinski definition) is 2. The quantitative estimate of drug-likeness (QED) is 0.751. The molecule has 2 N–H and O–H groups in total. The smallest absolute Gasteiger partial charge is 0.320 e. The topological polar surface area (TPSA) is 68.2 Å². The zero-order valence-electron chi connectivity index (χ0n) is 14.1. The van der Waals surface area contributed by atoms with E-state index in [0.717, 1.165) is 17.1 Å². The number of nitrogens with zero attached hydrogens (tertiary/aromatic N) is 2. The summed E-state index contributed by atoms with van der Waals surface area (Å²) in [6.07, 6.45) is 3.57. The molecule has 0 radical (unpaired) electrons. The van der Waals surface area contributed by atoms with Crippen LogP contribution in [0.5, 0.6) is 5.75 Å². The molecule has 3 rings (SSSR count). The van der Waals surface area contributed by atoms with Crippen LogP contribution < -0.4 is 15.4 Å². The molecule has 2 amide bonds. The Morgan fingerprint density at radius 3 is 2.44 bits per heavy atom. The average Bonchev–Trinajstić information content (AvgIpc) is 3.07. The first-order chi connectivity index (χ1) is 12.2. The van der Waals surface area contributed by atoms with Crippen molar-refractivity contribution >= 4 is 11.7 Å². The Balaban J connectivity index is 1.78. The highest BCUT2D eigenvalue weighted by Crippen LogP contribution is 2.21. The summed E-state index contributed by atoms with van der Waals surface area (Å²) in [6.45, 7) is 0. The standard InChI is InChI=1S/C19H20N4O2/c1-23-13-12-20-18(23)17(14-6-4-3-5-7-14)22-19(24)21-15-8-10-16(25-2)11-9-15/h3-13,17H,1-2H3,(H2,21,22,24)/t17-/m0/s1. The van der Waals surface area contributed by atoms with Gasteiger partial charge in [0, 0.05) is 25.1 Å². The van der Waals surface area contributed by atoms with Gasteiger partial charge in [-0.15, -0.1) is 0 Å². The van der Waals surface area contributed by atoms with Crippen LogP contribution in [-0.2, 0) is 7.05 Å². The number of carbonyl (C=O) groups is 1. The maximum absolute atomic E-state index is 12.5. The molecule has 2 aromatic carbocycles. The van der Waals surface area contributed by atoms with Crippen LogP contribution in [-0.4, -0.2) is 22.7 Å². The predicted molar refractivity (Wildman–Crippen MR) is 96.6 cm³/mol. The number of rotatable bonds is 5. The van der Waals surface area contributed by atoms with Gasteiger partial charge < -0.3 is 19.9 Å². The second kappa shape index (κ2) is 7.53. The van der Waals surface area contributed by atoms with Gasteiger partial charge in [-0.1, -0.05) is 30.3 Å². The second-order valence-corrected chi connectivity index (χ2v) is 5.57. The van der Waals surface area contributed by atoms with Crippen LogP contribution in [0.15, 0.2) is 67.0 Å². The minimum absolute atomic E-state index is 0.304. The molecule has 0 unspecified atom stereocenters. The first kappa shape index (κ1) is 16.6. The van der Waals surface area contributed by atoms with Gasteiger partial charge in [-0.05, 0) is 29.8 Å². The van der Waals surface area contributed by atoms with Crippen LogP contribution in [0.4, 0.5) is 10.5 Å². The number of aromatic nitrogens is 2. The van der Waals surface area contributed by atoms with Gasteiger partial charge in [0.2, 0.25) is 0 Å². The number of urea groups is 1. The van der Waals surface area contributed by atoms with Gasteiger partial charge in [-0.3, -0.25) is 0 Å². The van der Waals surface area contributed by atoms with Gasteiger partial charge in [0.15, 0.2) is 0 Å². The van der Waals surface area contributed by atoms with E-state index < -0.39 is 0 Å². The first-order valence-electron chi connectivity index (χ1n) is 7.91. The highest BCUT2D eigenvalue weighted by atomic mass is 16.5. The molecule has 1 atom stereocenters. The van der Waals surface area contributed by atoms with Crippen molar-refractivity contribution in [3.8, 4) is 5.75 Å². The summed E-state index contributed by atoms with van der Waals surface area (Å²) >= 11 is 0. The molecule has 128 valence electrons. The van der Waals surface area contributed by atoms with Crippen molar-refractivity contribution in [2.24, 2.45) is 7.05 Å². The highest BCUT2D eigenvalue weighted by molar-refractivity contribution is 5.89.